The van der Waals surface area contributed by atoms with E-state index in [1.54, 1.807) is 6.07 Å². The summed E-state index contributed by atoms with van der Waals surface area (Å²) in [5.41, 5.74) is 0. The van der Waals surface area contributed by atoms with Crippen molar-refractivity contribution >= 4 is 0 Å². The van der Waals surface area contributed by atoms with Crippen molar-refractivity contribution in [2.75, 3.05) is 0 Å². The molecular weight excluding hydrogens is 101 g/mol. The Bertz CT molecular complexity index is 86.5. The molecule has 1 heterocycles. The van der Waals surface area contributed by atoms with Crippen LogP contribution in [-0.2, 0) is 0 Å². The second kappa shape index (κ2) is 4.18. The van der Waals surface area contributed by atoms with Gasteiger partial charge in [0, 0.05) is 1.43 Å². The van der Waals surface area contributed by atoms with E-state index in [-0.39, 0.29) is 31.0 Å². The number of hydrogen-bond acceptors (Lipinski definition) is 3. The average molecular weight is 105 g/mol. The van der Waals surface area contributed by atoms with Gasteiger partial charge in [-0.15, -0.1) is 6.20 Å². The van der Waals surface area contributed by atoms with Crippen molar-refractivity contribution in [2.45, 2.75) is 0 Å². The van der Waals surface area contributed by atoms with Crippen molar-refractivity contribution < 1.29 is 31.0 Å². The summed E-state index contributed by atoms with van der Waals surface area (Å²) < 4.78 is 0. The van der Waals surface area contributed by atoms with Crippen LogP contribution < -0.4 is 29.6 Å². The zero-order valence-corrected chi connectivity index (χ0v) is 6.00. The van der Waals surface area contributed by atoms with Gasteiger partial charge in [0.25, 0.3) is 0 Å². The van der Waals surface area contributed by atoms with Crippen molar-refractivity contribution in [2.24, 2.45) is 0 Å². The zero-order valence-electron chi connectivity index (χ0n) is 4.00. The number of aromatic nitrogens is 3. The molecule has 1 aromatic heterocycles. The first-order valence-corrected chi connectivity index (χ1v) is 1.50. The molecule has 0 amide bonds. The van der Waals surface area contributed by atoms with Crippen LogP contribution in [0.3, 0.4) is 0 Å². The topological polar surface area (TPSA) is 38.7 Å². The average Bonchev–Trinajstić information content (AvgIpc) is 1.72. The molecule has 0 atom stereocenters. The summed E-state index contributed by atoms with van der Waals surface area (Å²) in [6.07, 6.45) is 3.99. The van der Waals surface area contributed by atoms with Crippen molar-refractivity contribution in [3.8, 4) is 0 Å². The van der Waals surface area contributed by atoms with Gasteiger partial charge in [-0.25, -0.2) is 10.2 Å². The van der Waals surface area contributed by atoms with Gasteiger partial charge >= 0.3 is 29.6 Å². The summed E-state index contributed by atoms with van der Waals surface area (Å²) in [5, 5.41) is 9.92. The molecule has 0 bridgehead atoms. The van der Waals surface area contributed by atoms with Gasteiger partial charge in [0.05, 0.1) is 0 Å². The van der Waals surface area contributed by atoms with Crippen molar-refractivity contribution in [3.63, 3.8) is 0 Å². The van der Waals surface area contributed by atoms with Gasteiger partial charge in [0.1, 0.15) is 0 Å². The summed E-state index contributed by atoms with van der Waals surface area (Å²) in [7, 11) is 0. The third-order valence-electron chi connectivity index (χ3n) is 0.370. The van der Waals surface area contributed by atoms with Crippen LogP contribution >= 0.6 is 0 Å². The van der Waals surface area contributed by atoms with Gasteiger partial charge in [-0.2, -0.15) is 6.07 Å². The van der Waals surface area contributed by atoms with E-state index in [0.29, 0.717) is 0 Å². The van der Waals surface area contributed by atoms with E-state index >= 15 is 0 Å². The van der Waals surface area contributed by atoms with E-state index < -0.39 is 0 Å². The standard InChI is InChI=1S/C3H2N3.Na.H2/c1-2-4-6-5-3-1;;/h1-2H;;1H/q-1;+1;. The molecule has 0 radical (unpaired) electrons. The predicted molar refractivity (Wildman–Crippen MR) is 20.8 cm³/mol. The smallest absolute Gasteiger partial charge is 0.247 e. The van der Waals surface area contributed by atoms with Gasteiger partial charge in [-0.3, -0.25) is 0 Å². The maximum Gasteiger partial charge on any atom is 1.00 e. The molecule has 1 aromatic rings. The van der Waals surface area contributed by atoms with Crippen LogP contribution in [0.25, 0.3) is 0 Å². The van der Waals surface area contributed by atoms with Crippen molar-refractivity contribution in [1.82, 2.24) is 15.4 Å². The Morgan fingerprint density at radius 1 is 1.57 bits per heavy atom. The molecule has 0 spiro atoms. The molecule has 32 valence electrons. The second-order valence-corrected chi connectivity index (χ2v) is 0.750. The molecule has 0 saturated carbocycles. The first-order valence-electron chi connectivity index (χ1n) is 1.50. The fraction of sp³-hybridized carbons (Fsp3) is 0. The van der Waals surface area contributed by atoms with Gasteiger partial charge in [-0.05, 0) is 0 Å². The molecule has 0 aliphatic heterocycles. The molecule has 7 heavy (non-hydrogen) atoms. The first kappa shape index (κ1) is 7.01. The van der Waals surface area contributed by atoms with Gasteiger partial charge < -0.3 is 0 Å². The maximum absolute atomic E-state index is 3.39. The Morgan fingerprint density at radius 3 is 2.57 bits per heavy atom. The fourth-order valence-corrected chi connectivity index (χ4v) is 0.181. The van der Waals surface area contributed by atoms with Crippen LogP contribution in [-0.4, -0.2) is 15.4 Å². The quantitative estimate of drug-likeness (QED) is 0.259. The zero-order chi connectivity index (χ0) is 4.24. The van der Waals surface area contributed by atoms with Crippen LogP contribution in [0.5, 0.6) is 0 Å². The van der Waals surface area contributed by atoms with Crippen LogP contribution in [0.4, 0.5) is 0 Å². The van der Waals surface area contributed by atoms with Gasteiger partial charge in [0.2, 0.25) is 0 Å². The minimum atomic E-state index is 0. The van der Waals surface area contributed by atoms with Crippen molar-refractivity contribution in [1.29, 1.82) is 0 Å². The first-order chi connectivity index (χ1) is 3.00. The van der Waals surface area contributed by atoms with Crippen molar-refractivity contribution in [3.05, 3.63) is 18.5 Å². The van der Waals surface area contributed by atoms with Gasteiger partial charge in [0.15, 0.2) is 0 Å². The summed E-state index contributed by atoms with van der Waals surface area (Å²) in [4.78, 5) is 0. The molecule has 0 fully saturated rings. The van der Waals surface area contributed by atoms with E-state index in [2.05, 4.69) is 21.6 Å². The summed E-state index contributed by atoms with van der Waals surface area (Å²) >= 11 is 0. The Balaban J connectivity index is 0. The largest absolute Gasteiger partial charge is 1.00 e. The molecule has 0 aromatic carbocycles. The minimum Gasteiger partial charge on any atom is -0.247 e. The van der Waals surface area contributed by atoms with E-state index in [4.69, 9.17) is 0 Å². The third kappa shape index (κ3) is 2.68. The van der Waals surface area contributed by atoms with E-state index in [1.165, 1.54) is 6.20 Å². The summed E-state index contributed by atoms with van der Waals surface area (Å²) in [6, 6.07) is 1.59. The minimum absolute atomic E-state index is 0. The van der Waals surface area contributed by atoms with Crippen LogP contribution in [0, 0.1) is 6.20 Å². The molecule has 1 rings (SSSR count). The third-order valence-corrected chi connectivity index (χ3v) is 0.370. The Kier molecular flexibility index (Phi) is 4.18. The Morgan fingerprint density at radius 2 is 2.43 bits per heavy atom. The number of hydrogen-bond donors (Lipinski definition) is 0. The molecule has 4 heteroatoms. The van der Waals surface area contributed by atoms with E-state index in [1.807, 2.05) is 0 Å². The SMILES string of the molecule is [HH].[Na+].[c-]1ccnnn1. The number of nitrogens with zero attached hydrogens (tertiary/aromatic N) is 3. The number of rotatable bonds is 0. The molecule has 0 unspecified atom stereocenters. The maximum atomic E-state index is 3.39. The fourth-order valence-electron chi connectivity index (χ4n) is 0.181. The van der Waals surface area contributed by atoms with Crippen LogP contribution in [0.15, 0.2) is 12.3 Å². The molecule has 0 aliphatic rings. The summed E-state index contributed by atoms with van der Waals surface area (Å²) in [6.45, 7) is 0. The molecule has 0 saturated heterocycles. The van der Waals surface area contributed by atoms with Crippen LogP contribution in [0.2, 0.25) is 0 Å². The van der Waals surface area contributed by atoms with Gasteiger partial charge in [-0.1, -0.05) is 11.4 Å². The molecule has 3 nitrogen and oxygen atoms in total. The predicted octanol–water partition coefficient (Wildman–Crippen LogP) is -3.08. The second-order valence-electron chi connectivity index (χ2n) is 0.750. The normalized spacial score (nSPS) is 6.86. The molecule has 0 aliphatic carbocycles. The van der Waals surface area contributed by atoms with E-state index in [0.717, 1.165) is 0 Å². The van der Waals surface area contributed by atoms with E-state index in [9.17, 15) is 0 Å². The Hall–Kier alpha value is 0.01000. The Labute approximate surface area is 64.9 Å². The van der Waals surface area contributed by atoms with Crippen LogP contribution in [0.1, 0.15) is 1.43 Å². The summed E-state index contributed by atoms with van der Waals surface area (Å²) in [5.74, 6) is 0. The molecule has 0 N–H and O–H groups in total. The monoisotopic (exact) mass is 105 g/mol. The molecular formula is C3H4N3Na.